The molecular weight excluding hydrogens is 244 g/mol. The number of nitrogens with zero attached hydrogens (tertiary/aromatic N) is 1. The van der Waals surface area contributed by atoms with Gasteiger partial charge in [0.05, 0.1) is 10.5 Å². The Labute approximate surface area is 103 Å². The quantitative estimate of drug-likeness (QED) is 0.346. The van der Waals surface area contributed by atoms with Gasteiger partial charge in [0, 0.05) is 0 Å². The van der Waals surface area contributed by atoms with E-state index in [0.717, 1.165) is 0 Å². The Morgan fingerprint density at radius 1 is 1.19 bits per heavy atom. The lowest BCUT2D eigenvalue weighted by atomic mass is 10.1. The van der Waals surface area contributed by atoms with E-state index >= 15 is 0 Å². The molecule has 0 heterocycles. The van der Waals surface area contributed by atoms with E-state index in [1.54, 1.807) is 0 Å². The van der Waals surface area contributed by atoms with Gasteiger partial charge in [-0.05, 0) is 28.6 Å². The first kappa shape index (κ1) is 12.3. The predicted molar refractivity (Wildman–Crippen MR) is 67.6 cm³/mol. The van der Waals surface area contributed by atoms with Crippen molar-refractivity contribution in [2.24, 2.45) is 0 Å². The van der Waals surface area contributed by atoms with Gasteiger partial charge in [0.15, 0.2) is 0 Å². The molecule has 6 heteroatoms. The number of nitrogens with one attached hydrogen (secondary N) is 1. The predicted octanol–water partition coefficient (Wildman–Crippen LogP) is 1.99. The number of nitro groups is 1. The molecule has 0 aliphatic rings. The maximum Gasteiger partial charge on any atom is 0.310 e. The Bertz CT molecular complexity index is 562. The molecule has 0 saturated heterocycles. The average Bonchev–Trinajstić information content (AvgIpc) is 2.22. The van der Waals surface area contributed by atoms with Crippen LogP contribution in [0.3, 0.4) is 0 Å². The number of hydrogen-bond donors (Lipinski definition) is 2. The maximum absolute atomic E-state index is 10.8. The minimum atomic E-state index is -0.653. The van der Waals surface area contributed by atoms with Crippen molar-refractivity contribution >= 4 is 36.6 Å². The van der Waals surface area contributed by atoms with Crippen molar-refractivity contribution in [3.8, 4) is 22.3 Å². The van der Waals surface area contributed by atoms with Crippen molar-refractivity contribution < 1.29 is 4.92 Å². The molecule has 79 valence electrons. The van der Waals surface area contributed by atoms with Gasteiger partial charge in [-0.15, -0.1) is 0 Å². The number of benzene rings is 1. The van der Waals surface area contributed by atoms with Crippen molar-refractivity contribution in [1.29, 1.82) is 0 Å². The molecule has 16 heavy (non-hydrogen) atoms. The standard InChI is InChI=1S/C10H5N2O2S2/c11-9-7(3-5-15)1-2-8(4-6-16)10(9)12(13)14/h1-2,11,15-16H. The van der Waals surface area contributed by atoms with Crippen molar-refractivity contribution in [2.75, 3.05) is 0 Å². The van der Waals surface area contributed by atoms with E-state index in [4.69, 9.17) is 5.73 Å². The highest BCUT2D eigenvalue weighted by atomic mass is 32.1. The fraction of sp³-hybridized carbons (Fsp3) is 0. The van der Waals surface area contributed by atoms with Crippen LogP contribution in [0.1, 0.15) is 11.1 Å². The van der Waals surface area contributed by atoms with Crippen LogP contribution < -0.4 is 5.73 Å². The molecule has 0 aromatic heterocycles. The van der Waals surface area contributed by atoms with Gasteiger partial charge < -0.3 is 0 Å². The van der Waals surface area contributed by atoms with Crippen LogP contribution in [0.15, 0.2) is 12.1 Å². The molecule has 0 aliphatic carbocycles. The van der Waals surface area contributed by atoms with Crippen LogP contribution in [0, 0.1) is 32.5 Å². The zero-order chi connectivity index (χ0) is 12.1. The lowest BCUT2D eigenvalue weighted by Gasteiger charge is -2.01. The molecule has 0 atom stereocenters. The van der Waals surface area contributed by atoms with E-state index in [2.05, 4.69) is 47.6 Å². The second kappa shape index (κ2) is 5.36. The van der Waals surface area contributed by atoms with Crippen LogP contribution >= 0.6 is 25.3 Å². The first-order valence-electron chi connectivity index (χ1n) is 3.95. The average molecular weight is 249 g/mol. The number of thiol groups is 2. The first-order chi connectivity index (χ1) is 7.61. The maximum atomic E-state index is 10.8. The van der Waals surface area contributed by atoms with Crippen LogP contribution in [0.5, 0.6) is 0 Å². The third kappa shape index (κ3) is 2.43. The zero-order valence-corrected chi connectivity index (χ0v) is 9.60. The van der Waals surface area contributed by atoms with Gasteiger partial charge in [0.2, 0.25) is 0 Å². The Kier molecular flexibility index (Phi) is 4.12. The topological polar surface area (TPSA) is 66.9 Å². The molecule has 1 rings (SSSR count). The lowest BCUT2D eigenvalue weighted by molar-refractivity contribution is -0.384. The van der Waals surface area contributed by atoms with E-state index in [1.165, 1.54) is 12.1 Å². The van der Waals surface area contributed by atoms with Crippen molar-refractivity contribution in [2.45, 2.75) is 0 Å². The molecule has 0 amide bonds. The largest absolute Gasteiger partial charge is 0.310 e. The molecule has 0 fully saturated rings. The highest BCUT2D eigenvalue weighted by Gasteiger charge is 2.20. The fourth-order valence-electron chi connectivity index (χ4n) is 1.11. The third-order valence-corrected chi connectivity index (χ3v) is 1.97. The van der Waals surface area contributed by atoms with Crippen LogP contribution in [0.25, 0.3) is 0 Å². The monoisotopic (exact) mass is 249 g/mol. The second-order valence-electron chi connectivity index (χ2n) is 2.62. The van der Waals surface area contributed by atoms with E-state index in [1.807, 2.05) is 0 Å². The van der Waals surface area contributed by atoms with Crippen LogP contribution in [0.4, 0.5) is 11.4 Å². The van der Waals surface area contributed by atoms with Crippen LogP contribution in [-0.2, 0) is 0 Å². The molecule has 1 N–H and O–H groups in total. The summed E-state index contributed by atoms with van der Waals surface area (Å²) >= 11 is 7.34. The minimum absolute atomic E-state index is 0.148. The Morgan fingerprint density at radius 2 is 1.69 bits per heavy atom. The van der Waals surface area contributed by atoms with Gasteiger partial charge in [-0.1, -0.05) is 31.2 Å². The van der Waals surface area contributed by atoms with E-state index < -0.39 is 4.92 Å². The van der Waals surface area contributed by atoms with Gasteiger partial charge in [-0.3, -0.25) is 15.8 Å². The van der Waals surface area contributed by atoms with Gasteiger partial charge in [0.1, 0.15) is 11.3 Å². The molecule has 0 saturated carbocycles. The second-order valence-corrected chi connectivity index (χ2v) is 3.06. The summed E-state index contributed by atoms with van der Waals surface area (Å²) in [5, 5.41) is 15.4. The van der Waals surface area contributed by atoms with Crippen molar-refractivity contribution in [3.63, 3.8) is 0 Å². The zero-order valence-electron chi connectivity index (χ0n) is 7.81. The summed E-state index contributed by atoms with van der Waals surface area (Å²) in [5.41, 5.74) is 7.39. The molecule has 1 aromatic rings. The van der Waals surface area contributed by atoms with Gasteiger partial charge in [0.25, 0.3) is 0 Å². The van der Waals surface area contributed by atoms with E-state index in [-0.39, 0.29) is 22.5 Å². The van der Waals surface area contributed by atoms with Gasteiger partial charge >= 0.3 is 5.69 Å². The molecular formula is C10H5N2O2S2. The lowest BCUT2D eigenvalue weighted by Crippen LogP contribution is -1.96. The first-order valence-corrected chi connectivity index (χ1v) is 4.84. The molecule has 0 aliphatic heterocycles. The molecule has 1 radical (unpaired) electrons. The number of hydrogen-bond acceptors (Lipinski definition) is 4. The summed E-state index contributed by atoms with van der Waals surface area (Å²) < 4.78 is 0. The summed E-state index contributed by atoms with van der Waals surface area (Å²) in [6.07, 6.45) is 0. The van der Waals surface area contributed by atoms with Crippen LogP contribution in [0.2, 0.25) is 0 Å². The summed E-state index contributed by atoms with van der Waals surface area (Å²) in [6, 6.07) is 2.93. The fourth-order valence-corrected chi connectivity index (χ4v) is 1.35. The van der Waals surface area contributed by atoms with Crippen molar-refractivity contribution in [1.82, 2.24) is 5.73 Å². The highest BCUT2D eigenvalue weighted by molar-refractivity contribution is 7.85. The Balaban J connectivity index is 3.56. The van der Waals surface area contributed by atoms with E-state index in [9.17, 15) is 10.1 Å². The smallest absolute Gasteiger partial charge is 0.293 e. The Morgan fingerprint density at radius 3 is 2.19 bits per heavy atom. The van der Waals surface area contributed by atoms with E-state index in [0.29, 0.717) is 0 Å². The molecule has 1 aromatic carbocycles. The summed E-state index contributed by atoms with van der Waals surface area (Å²) in [7, 11) is 0. The molecule has 0 spiro atoms. The summed E-state index contributed by atoms with van der Waals surface area (Å²) in [6.45, 7) is 0. The summed E-state index contributed by atoms with van der Waals surface area (Å²) in [5.74, 6) is 4.95. The molecule has 0 bridgehead atoms. The normalized spacial score (nSPS) is 8.38. The third-order valence-electron chi connectivity index (χ3n) is 1.74. The number of nitro benzene ring substituents is 1. The van der Waals surface area contributed by atoms with Crippen molar-refractivity contribution in [3.05, 3.63) is 33.4 Å². The van der Waals surface area contributed by atoms with Gasteiger partial charge in [-0.25, -0.2) is 0 Å². The Hall–Kier alpha value is -1.76. The highest BCUT2D eigenvalue weighted by Crippen LogP contribution is 2.30. The van der Waals surface area contributed by atoms with Crippen LogP contribution in [-0.4, -0.2) is 4.92 Å². The molecule has 0 unspecified atom stereocenters. The minimum Gasteiger partial charge on any atom is -0.293 e. The summed E-state index contributed by atoms with van der Waals surface area (Å²) in [4.78, 5) is 10.1. The SMILES string of the molecule is [NH]c1c(C#CS)ccc(C#CS)c1[N+](=O)[O-]. The molecule has 4 nitrogen and oxygen atoms in total. The van der Waals surface area contributed by atoms with Gasteiger partial charge in [-0.2, -0.15) is 0 Å². The number of rotatable bonds is 1.